The topological polar surface area (TPSA) is 102 Å². The average Bonchev–Trinajstić information content (AvgIpc) is 2.69. The number of pyridine rings is 1. The lowest BCUT2D eigenvalue weighted by molar-refractivity contribution is 0.102. The number of benzene rings is 2. The third-order valence-electron chi connectivity index (χ3n) is 3.57. The molecule has 1 aromatic heterocycles. The van der Waals surface area contributed by atoms with Crippen LogP contribution in [0.15, 0.2) is 66.9 Å². The second-order valence-electron chi connectivity index (χ2n) is 5.36. The molecule has 0 fully saturated rings. The molecule has 0 saturated heterocycles. The van der Waals surface area contributed by atoms with E-state index in [9.17, 15) is 4.79 Å². The van der Waals surface area contributed by atoms with Crippen molar-refractivity contribution in [1.29, 1.82) is 10.5 Å². The van der Waals surface area contributed by atoms with Crippen molar-refractivity contribution in [2.75, 3.05) is 10.6 Å². The lowest BCUT2D eigenvalue weighted by atomic mass is 10.2. The van der Waals surface area contributed by atoms with Crippen molar-refractivity contribution in [2.24, 2.45) is 0 Å². The fourth-order valence-electron chi connectivity index (χ4n) is 2.31. The van der Waals surface area contributed by atoms with E-state index in [1.165, 1.54) is 6.20 Å². The molecule has 2 aromatic carbocycles. The van der Waals surface area contributed by atoms with Gasteiger partial charge in [-0.15, -0.1) is 0 Å². The molecule has 0 radical (unpaired) electrons. The highest BCUT2D eigenvalue weighted by Gasteiger charge is 2.10. The number of nitriles is 2. The van der Waals surface area contributed by atoms with Gasteiger partial charge >= 0.3 is 0 Å². The summed E-state index contributed by atoms with van der Waals surface area (Å²) in [4.78, 5) is 16.4. The summed E-state index contributed by atoms with van der Waals surface area (Å²) < 4.78 is 0. The molecule has 1 amide bonds. The number of nitrogens with one attached hydrogen (secondary N) is 2. The van der Waals surface area contributed by atoms with Gasteiger partial charge in [-0.3, -0.25) is 4.79 Å². The maximum Gasteiger partial charge on any atom is 0.274 e. The predicted molar refractivity (Wildman–Crippen MR) is 97.8 cm³/mol. The molecule has 0 saturated carbocycles. The van der Waals surface area contributed by atoms with Crippen LogP contribution < -0.4 is 10.6 Å². The molecule has 0 spiro atoms. The Morgan fingerprint density at radius 2 is 1.77 bits per heavy atom. The fourth-order valence-corrected chi connectivity index (χ4v) is 2.31. The van der Waals surface area contributed by atoms with E-state index in [2.05, 4.69) is 21.7 Å². The van der Waals surface area contributed by atoms with Gasteiger partial charge in [0.1, 0.15) is 11.8 Å². The molecule has 0 unspecified atom stereocenters. The maximum atomic E-state index is 12.3. The highest BCUT2D eigenvalue weighted by atomic mass is 16.1. The van der Waals surface area contributed by atoms with E-state index in [-0.39, 0.29) is 5.69 Å². The summed E-state index contributed by atoms with van der Waals surface area (Å²) in [6.45, 7) is 0. The van der Waals surface area contributed by atoms with Crippen molar-refractivity contribution < 1.29 is 4.79 Å². The van der Waals surface area contributed by atoms with Gasteiger partial charge in [0.05, 0.1) is 34.8 Å². The van der Waals surface area contributed by atoms with Gasteiger partial charge in [-0.25, -0.2) is 4.98 Å². The van der Waals surface area contributed by atoms with Crippen LogP contribution in [0.3, 0.4) is 0 Å². The molecule has 6 heteroatoms. The zero-order valence-electron chi connectivity index (χ0n) is 13.6. The Kier molecular flexibility index (Phi) is 4.88. The highest BCUT2D eigenvalue weighted by Crippen LogP contribution is 2.18. The van der Waals surface area contributed by atoms with Gasteiger partial charge in [0.2, 0.25) is 0 Å². The molecule has 0 aliphatic carbocycles. The van der Waals surface area contributed by atoms with Crippen LogP contribution in [-0.2, 0) is 0 Å². The summed E-state index contributed by atoms with van der Waals surface area (Å²) in [6, 6.07) is 21.2. The summed E-state index contributed by atoms with van der Waals surface area (Å²) in [5.74, 6) is -0.397. The van der Waals surface area contributed by atoms with Crippen LogP contribution in [0.4, 0.5) is 17.1 Å². The summed E-state index contributed by atoms with van der Waals surface area (Å²) >= 11 is 0. The van der Waals surface area contributed by atoms with Gasteiger partial charge in [0, 0.05) is 5.69 Å². The van der Waals surface area contributed by atoms with Crippen LogP contribution in [0.25, 0.3) is 0 Å². The van der Waals surface area contributed by atoms with E-state index in [0.29, 0.717) is 22.5 Å². The van der Waals surface area contributed by atoms with Crippen molar-refractivity contribution >= 4 is 23.0 Å². The van der Waals surface area contributed by atoms with Crippen LogP contribution in [0, 0.1) is 22.7 Å². The minimum Gasteiger partial charge on any atom is -0.354 e. The molecule has 3 rings (SSSR count). The Morgan fingerprint density at radius 3 is 2.50 bits per heavy atom. The molecule has 2 N–H and O–H groups in total. The molecular formula is C20H13N5O. The molecule has 3 aromatic rings. The molecular weight excluding hydrogens is 326 g/mol. The normalized spacial score (nSPS) is 9.62. The zero-order valence-corrected chi connectivity index (χ0v) is 13.6. The van der Waals surface area contributed by atoms with E-state index in [0.717, 1.165) is 5.69 Å². The Labute approximate surface area is 150 Å². The third kappa shape index (κ3) is 3.84. The summed E-state index contributed by atoms with van der Waals surface area (Å²) in [5.41, 5.74) is 3.05. The van der Waals surface area contributed by atoms with Crippen molar-refractivity contribution in [1.82, 2.24) is 4.98 Å². The number of hydrogen-bond acceptors (Lipinski definition) is 5. The van der Waals surface area contributed by atoms with Crippen molar-refractivity contribution in [2.45, 2.75) is 0 Å². The van der Waals surface area contributed by atoms with Gasteiger partial charge < -0.3 is 10.6 Å². The minimum atomic E-state index is -0.397. The minimum absolute atomic E-state index is 0.231. The summed E-state index contributed by atoms with van der Waals surface area (Å²) in [5, 5.41) is 23.8. The standard InChI is InChI=1S/C20H13N5O/c21-11-14-4-3-6-16(10-14)24-17-8-9-19(23-13-17)20(26)25-18-7-2-1-5-15(18)12-22/h1-10,13,24H,(H,25,26). The van der Waals surface area contributed by atoms with Crippen LogP contribution in [0.5, 0.6) is 0 Å². The largest absolute Gasteiger partial charge is 0.354 e. The molecule has 0 atom stereocenters. The van der Waals surface area contributed by atoms with Gasteiger partial charge in [-0.05, 0) is 42.5 Å². The average molecular weight is 339 g/mol. The van der Waals surface area contributed by atoms with Gasteiger partial charge in [0.25, 0.3) is 5.91 Å². The number of carbonyl (C=O) groups is 1. The Hall–Kier alpha value is -4.16. The number of rotatable bonds is 4. The van der Waals surface area contributed by atoms with Gasteiger partial charge in [0.15, 0.2) is 0 Å². The zero-order chi connectivity index (χ0) is 18.4. The number of para-hydroxylation sites is 1. The summed E-state index contributed by atoms with van der Waals surface area (Å²) in [6.07, 6.45) is 1.53. The lowest BCUT2D eigenvalue weighted by Gasteiger charge is -2.08. The van der Waals surface area contributed by atoms with E-state index >= 15 is 0 Å². The number of anilines is 3. The van der Waals surface area contributed by atoms with Gasteiger partial charge in [-0.2, -0.15) is 10.5 Å². The molecule has 6 nitrogen and oxygen atoms in total. The fraction of sp³-hybridized carbons (Fsp3) is 0. The van der Waals surface area contributed by atoms with Crippen LogP contribution in [-0.4, -0.2) is 10.9 Å². The summed E-state index contributed by atoms with van der Waals surface area (Å²) in [7, 11) is 0. The first-order chi connectivity index (χ1) is 12.7. The lowest BCUT2D eigenvalue weighted by Crippen LogP contribution is -2.14. The Morgan fingerprint density at radius 1 is 0.923 bits per heavy atom. The third-order valence-corrected chi connectivity index (χ3v) is 3.57. The molecule has 0 bridgehead atoms. The first-order valence-corrected chi connectivity index (χ1v) is 7.73. The maximum absolute atomic E-state index is 12.3. The molecule has 0 aliphatic heterocycles. The number of carbonyl (C=O) groups excluding carboxylic acids is 1. The monoisotopic (exact) mass is 339 g/mol. The quantitative estimate of drug-likeness (QED) is 0.752. The van der Waals surface area contributed by atoms with Crippen molar-refractivity contribution in [3.63, 3.8) is 0 Å². The van der Waals surface area contributed by atoms with Crippen molar-refractivity contribution in [3.05, 3.63) is 83.7 Å². The van der Waals surface area contributed by atoms with Crippen LogP contribution in [0.2, 0.25) is 0 Å². The molecule has 124 valence electrons. The number of hydrogen-bond donors (Lipinski definition) is 2. The Bertz CT molecular complexity index is 1030. The first-order valence-electron chi connectivity index (χ1n) is 7.73. The van der Waals surface area contributed by atoms with Gasteiger partial charge in [-0.1, -0.05) is 18.2 Å². The second-order valence-corrected chi connectivity index (χ2v) is 5.36. The van der Waals surface area contributed by atoms with E-state index in [1.807, 2.05) is 12.1 Å². The first kappa shape index (κ1) is 16.7. The van der Waals surface area contributed by atoms with Crippen LogP contribution >= 0.6 is 0 Å². The van der Waals surface area contributed by atoms with E-state index < -0.39 is 5.91 Å². The predicted octanol–water partition coefficient (Wildman–Crippen LogP) is 3.82. The number of aromatic nitrogens is 1. The molecule has 26 heavy (non-hydrogen) atoms. The van der Waals surface area contributed by atoms with E-state index in [4.69, 9.17) is 10.5 Å². The number of amides is 1. The Balaban J connectivity index is 1.72. The number of nitrogens with zero attached hydrogens (tertiary/aromatic N) is 3. The van der Waals surface area contributed by atoms with Crippen molar-refractivity contribution in [3.8, 4) is 12.1 Å². The molecule has 1 heterocycles. The second kappa shape index (κ2) is 7.61. The highest BCUT2D eigenvalue weighted by molar-refractivity contribution is 6.03. The molecule has 0 aliphatic rings. The van der Waals surface area contributed by atoms with E-state index in [1.54, 1.807) is 54.6 Å². The smallest absolute Gasteiger partial charge is 0.274 e. The SMILES string of the molecule is N#Cc1cccc(Nc2ccc(C(=O)Nc3ccccc3C#N)nc2)c1. The van der Waals surface area contributed by atoms with Crippen LogP contribution in [0.1, 0.15) is 21.6 Å².